The number of hydrogen-bond donors (Lipinski definition) is 3. The highest BCUT2D eigenvalue weighted by Crippen LogP contribution is 2.20. The third-order valence-corrected chi connectivity index (χ3v) is 5.45. The van der Waals surface area contributed by atoms with E-state index in [4.69, 9.17) is 9.47 Å². The number of benzene rings is 3. The van der Waals surface area contributed by atoms with Crippen LogP contribution in [0.1, 0.15) is 28.8 Å². The molecule has 1 unspecified atom stereocenters. The number of ether oxygens (including phenoxy) is 2. The molecular weight excluding hydrogens is 430 g/mol. The summed E-state index contributed by atoms with van der Waals surface area (Å²) in [4.78, 5) is 24.7. The molecule has 3 aromatic carbocycles. The van der Waals surface area contributed by atoms with Crippen molar-refractivity contribution < 1.29 is 19.1 Å². The lowest BCUT2D eigenvalue weighted by Crippen LogP contribution is -2.21. The molecule has 3 aromatic rings. The first kappa shape index (κ1) is 23.3. The lowest BCUT2D eigenvalue weighted by Gasteiger charge is -2.13. The summed E-state index contributed by atoms with van der Waals surface area (Å²) in [6, 6.07) is 22.0. The van der Waals surface area contributed by atoms with Crippen LogP contribution in [0.15, 0.2) is 72.8 Å². The van der Waals surface area contributed by atoms with Gasteiger partial charge in [0, 0.05) is 35.3 Å². The van der Waals surface area contributed by atoms with Crippen LogP contribution >= 0.6 is 0 Å². The molecule has 1 saturated heterocycles. The average molecular weight is 460 g/mol. The molecule has 4 rings (SSSR count). The Bertz CT molecular complexity index is 1120. The second-order valence-electron chi connectivity index (χ2n) is 8.28. The Morgan fingerprint density at radius 1 is 0.941 bits per heavy atom. The van der Waals surface area contributed by atoms with Gasteiger partial charge < -0.3 is 25.4 Å². The minimum Gasteiger partial charge on any atom is -0.491 e. The van der Waals surface area contributed by atoms with Crippen LogP contribution in [-0.2, 0) is 9.53 Å². The smallest absolute Gasteiger partial charge is 0.255 e. The van der Waals surface area contributed by atoms with Crippen molar-refractivity contribution in [3.05, 3.63) is 83.9 Å². The fraction of sp³-hybridized carbons (Fsp3) is 0.259. The van der Waals surface area contributed by atoms with Crippen LogP contribution in [0.25, 0.3) is 0 Å². The number of rotatable bonds is 9. The summed E-state index contributed by atoms with van der Waals surface area (Å²) >= 11 is 0. The topological polar surface area (TPSA) is 88.7 Å². The first-order valence-electron chi connectivity index (χ1n) is 11.4. The molecule has 7 heteroatoms. The monoisotopic (exact) mass is 459 g/mol. The van der Waals surface area contributed by atoms with E-state index in [2.05, 4.69) is 16.0 Å². The predicted octanol–water partition coefficient (Wildman–Crippen LogP) is 4.86. The van der Waals surface area contributed by atoms with Crippen LogP contribution in [0.5, 0.6) is 5.75 Å². The summed E-state index contributed by atoms with van der Waals surface area (Å²) in [7, 11) is 0. The van der Waals surface area contributed by atoms with Gasteiger partial charge >= 0.3 is 0 Å². The predicted molar refractivity (Wildman–Crippen MR) is 134 cm³/mol. The summed E-state index contributed by atoms with van der Waals surface area (Å²) in [5.74, 6) is 0.387. The number of carbonyl (C=O) groups excluding carboxylic acids is 2. The fourth-order valence-corrected chi connectivity index (χ4v) is 3.67. The second kappa shape index (κ2) is 11.3. The van der Waals surface area contributed by atoms with Crippen molar-refractivity contribution in [3.63, 3.8) is 0 Å². The molecule has 0 aromatic heterocycles. The summed E-state index contributed by atoms with van der Waals surface area (Å²) in [5, 5.41) is 8.82. The van der Waals surface area contributed by atoms with E-state index in [-0.39, 0.29) is 24.5 Å². The van der Waals surface area contributed by atoms with Crippen molar-refractivity contribution >= 4 is 28.9 Å². The highest BCUT2D eigenvalue weighted by atomic mass is 16.5. The van der Waals surface area contributed by atoms with E-state index >= 15 is 0 Å². The number of anilines is 3. The van der Waals surface area contributed by atoms with Gasteiger partial charge in [-0.15, -0.1) is 0 Å². The Balaban J connectivity index is 1.23. The van der Waals surface area contributed by atoms with Gasteiger partial charge in [-0.05, 0) is 68.3 Å². The maximum absolute atomic E-state index is 12.4. The largest absolute Gasteiger partial charge is 0.491 e. The zero-order valence-electron chi connectivity index (χ0n) is 19.2. The van der Waals surface area contributed by atoms with Gasteiger partial charge in [0.1, 0.15) is 12.4 Å². The molecule has 0 bridgehead atoms. The van der Waals surface area contributed by atoms with Crippen LogP contribution in [0, 0.1) is 6.92 Å². The molecule has 1 fully saturated rings. The Morgan fingerprint density at radius 3 is 2.44 bits per heavy atom. The van der Waals surface area contributed by atoms with Gasteiger partial charge in [-0.3, -0.25) is 9.59 Å². The van der Waals surface area contributed by atoms with Crippen molar-refractivity contribution in [3.8, 4) is 5.75 Å². The first-order valence-corrected chi connectivity index (χ1v) is 11.4. The van der Waals surface area contributed by atoms with Gasteiger partial charge in [0.05, 0.1) is 12.6 Å². The van der Waals surface area contributed by atoms with E-state index in [0.717, 1.165) is 36.4 Å². The zero-order valence-corrected chi connectivity index (χ0v) is 19.2. The zero-order chi connectivity index (χ0) is 23.8. The van der Waals surface area contributed by atoms with E-state index in [0.29, 0.717) is 23.5 Å². The minimum absolute atomic E-state index is 0.112. The average Bonchev–Trinajstić information content (AvgIpc) is 3.37. The van der Waals surface area contributed by atoms with Crippen molar-refractivity contribution in [2.75, 3.05) is 35.7 Å². The Labute approximate surface area is 199 Å². The summed E-state index contributed by atoms with van der Waals surface area (Å²) in [5.41, 5.74) is 3.73. The second-order valence-corrected chi connectivity index (χ2v) is 8.28. The molecule has 0 spiro atoms. The molecule has 34 heavy (non-hydrogen) atoms. The van der Waals surface area contributed by atoms with Crippen LogP contribution < -0.4 is 20.7 Å². The van der Waals surface area contributed by atoms with E-state index in [9.17, 15) is 9.59 Å². The summed E-state index contributed by atoms with van der Waals surface area (Å²) < 4.78 is 11.4. The highest BCUT2D eigenvalue weighted by Gasteiger charge is 2.16. The lowest BCUT2D eigenvalue weighted by molar-refractivity contribution is -0.114. The Morgan fingerprint density at radius 2 is 1.71 bits per heavy atom. The van der Waals surface area contributed by atoms with Gasteiger partial charge in [0.2, 0.25) is 5.91 Å². The highest BCUT2D eigenvalue weighted by molar-refractivity contribution is 6.04. The van der Waals surface area contributed by atoms with Crippen molar-refractivity contribution in [1.29, 1.82) is 0 Å². The molecule has 3 N–H and O–H groups in total. The first-order chi connectivity index (χ1) is 16.5. The lowest BCUT2D eigenvalue weighted by atomic mass is 10.1. The van der Waals surface area contributed by atoms with E-state index in [1.807, 2.05) is 49.4 Å². The summed E-state index contributed by atoms with van der Waals surface area (Å²) in [6.07, 6.45) is 2.26. The molecule has 0 saturated carbocycles. The Hall–Kier alpha value is -3.84. The quantitative estimate of drug-likeness (QED) is 0.425. The Kier molecular flexibility index (Phi) is 7.78. The standard InChI is InChI=1S/C27H29N3O4/c1-19-5-2-6-20(15-19)27(32)30-22-12-10-21(11-13-22)29-26(31)17-28-23-7-3-8-24(16-23)34-18-25-9-4-14-33-25/h2-3,5-8,10-13,15-16,25,28H,4,9,14,17-18H2,1H3,(H,29,31)(H,30,32). The summed E-state index contributed by atoms with van der Waals surface area (Å²) in [6.45, 7) is 3.39. The minimum atomic E-state index is -0.178. The number of hydrogen-bond acceptors (Lipinski definition) is 5. The molecular formula is C27H29N3O4. The molecule has 1 atom stereocenters. The van der Waals surface area contributed by atoms with E-state index in [1.54, 1.807) is 30.3 Å². The van der Waals surface area contributed by atoms with E-state index in [1.165, 1.54) is 0 Å². The van der Waals surface area contributed by atoms with E-state index < -0.39 is 0 Å². The maximum atomic E-state index is 12.4. The molecule has 2 amide bonds. The third-order valence-electron chi connectivity index (χ3n) is 5.45. The van der Waals surface area contributed by atoms with Crippen molar-refractivity contribution in [2.24, 2.45) is 0 Å². The number of amides is 2. The normalized spacial score (nSPS) is 14.9. The molecule has 7 nitrogen and oxygen atoms in total. The van der Waals surface area contributed by atoms with Crippen molar-refractivity contribution in [1.82, 2.24) is 0 Å². The maximum Gasteiger partial charge on any atom is 0.255 e. The third kappa shape index (κ3) is 6.83. The van der Waals surface area contributed by atoms with Crippen LogP contribution in [0.3, 0.4) is 0 Å². The van der Waals surface area contributed by atoms with Gasteiger partial charge in [-0.2, -0.15) is 0 Å². The van der Waals surface area contributed by atoms with Gasteiger partial charge in [-0.25, -0.2) is 0 Å². The van der Waals surface area contributed by atoms with Gasteiger partial charge in [0.15, 0.2) is 0 Å². The van der Waals surface area contributed by atoms with Crippen LogP contribution in [-0.4, -0.2) is 37.7 Å². The van der Waals surface area contributed by atoms with Gasteiger partial charge in [-0.1, -0.05) is 23.8 Å². The van der Waals surface area contributed by atoms with Gasteiger partial charge in [0.25, 0.3) is 5.91 Å². The SMILES string of the molecule is Cc1cccc(C(=O)Nc2ccc(NC(=O)CNc3cccc(OCC4CCCO4)c3)cc2)c1. The molecule has 1 aliphatic heterocycles. The molecule has 1 aliphatic rings. The van der Waals surface area contributed by atoms with Crippen LogP contribution in [0.4, 0.5) is 17.1 Å². The fourth-order valence-electron chi connectivity index (χ4n) is 3.67. The molecule has 0 aliphatic carbocycles. The molecule has 1 heterocycles. The number of nitrogens with one attached hydrogen (secondary N) is 3. The molecule has 0 radical (unpaired) electrons. The number of aryl methyl sites for hydroxylation is 1. The van der Waals surface area contributed by atoms with Crippen LogP contribution in [0.2, 0.25) is 0 Å². The van der Waals surface area contributed by atoms with Crippen molar-refractivity contribution in [2.45, 2.75) is 25.9 Å². The number of carbonyl (C=O) groups is 2. The molecule has 176 valence electrons.